The van der Waals surface area contributed by atoms with Gasteiger partial charge in [-0.15, -0.1) is 0 Å². The highest BCUT2D eigenvalue weighted by Gasteiger charge is 2.28. The highest BCUT2D eigenvalue weighted by molar-refractivity contribution is 7.92. The molecule has 4 rings (SSSR count). The second-order valence-corrected chi connectivity index (χ2v) is 9.96. The summed E-state index contributed by atoms with van der Waals surface area (Å²) in [5.74, 6) is 0.00156. The molecule has 3 N–H and O–H groups in total. The Morgan fingerprint density at radius 1 is 1.00 bits per heavy atom. The first-order valence-corrected chi connectivity index (χ1v) is 11.9. The van der Waals surface area contributed by atoms with Crippen molar-refractivity contribution in [1.82, 2.24) is 0 Å². The number of rotatable bonds is 5. The van der Waals surface area contributed by atoms with Crippen molar-refractivity contribution in [2.24, 2.45) is 0 Å². The van der Waals surface area contributed by atoms with Gasteiger partial charge in [-0.1, -0.05) is 30.3 Å². The highest BCUT2D eigenvalue weighted by atomic mass is 32.2. The van der Waals surface area contributed by atoms with Crippen LogP contribution in [0.4, 0.5) is 11.4 Å². The van der Waals surface area contributed by atoms with Crippen molar-refractivity contribution < 1.29 is 18.3 Å². The molecule has 7 heteroatoms. The van der Waals surface area contributed by atoms with Crippen molar-refractivity contribution in [2.45, 2.75) is 44.2 Å². The molecule has 2 unspecified atom stereocenters. The monoisotopic (exact) mass is 450 g/mol. The number of benzene rings is 3. The van der Waals surface area contributed by atoms with Gasteiger partial charge in [-0.3, -0.25) is 9.52 Å². The molecule has 0 spiro atoms. The molecular weight excluding hydrogens is 424 g/mol. The third-order valence-electron chi connectivity index (χ3n) is 5.96. The summed E-state index contributed by atoms with van der Waals surface area (Å²) in [4.78, 5) is 11.6. The lowest BCUT2D eigenvalue weighted by Gasteiger charge is -2.31. The molecule has 0 amide bonds. The van der Waals surface area contributed by atoms with E-state index in [0.717, 1.165) is 16.7 Å². The maximum Gasteiger partial charge on any atom is 0.261 e. The van der Waals surface area contributed by atoms with Gasteiger partial charge in [0, 0.05) is 28.9 Å². The third-order valence-corrected chi connectivity index (χ3v) is 7.34. The number of ketones is 1. The van der Waals surface area contributed by atoms with Crippen LogP contribution in [0.2, 0.25) is 0 Å². The number of fused-ring (bicyclic) bond motifs is 1. The van der Waals surface area contributed by atoms with Gasteiger partial charge >= 0.3 is 0 Å². The predicted octanol–water partition coefficient (Wildman–Crippen LogP) is 4.90. The number of nitrogens with one attached hydrogen (secondary N) is 2. The van der Waals surface area contributed by atoms with Crippen LogP contribution in [-0.4, -0.2) is 19.3 Å². The topological polar surface area (TPSA) is 95.5 Å². The number of aliphatic hydroxyl groups is 1. The lowest BCUT2D eigenvalue weighted by atomic mass is 9.91. The van der Waals surface area contributed by atoms with Gasteiger partial charge in [0.1, 0.15) is 0 Å². The Morgan fingerprint density at radius 3 is 2.38 bits per heavy atom. The first-order valence-electron chi connectivity index (χ1n) is 10.4. The van der Waals surface area contributed by atoms with Gasteiger partial charge in [0.15, 0.2) is 5.78 Å². The molecule has 0 saturated heterocycles. The molecule has 0 aliphatic carbocycles. The number of Topliss-reactive ketones (excluding diaryl/α,β-unsaturated/α-hetero) is 1. The van der Waals surface area contributed by atoms with Crippen LogP contribution in [0.5, 0.6) is 0 Å². The SMILES string of the molecule is CC(=O)c1ccc(C2CC(O)c3cc(S(=O)(=O)Nc4ccc(C)c(C)c4)ccc3N2)cc1. The van der Waals surface area contributed by atoms with E-state index in [1.54, 1.807) is 30.3 Å². The normalized spacial score (nSPS) is 17.9. The zero-order valence-electron chi connectivity index (χ0n) is 18.2. The quantitative estimate of drug-likeness (QED) is 0.481. The van der Waals surface area contributed by atoms with Gasteiger partial charge in [0.2, 0.25) is 0 Å². The fourth-order valence-electron chi connectivity index (χ4n) is 3.90. The summed E-state index contributed by atoms with van der Waals surface area (Å²) in [5.41, 5.74) is 5.40. The summed E-state index contributed by atoms with van der Waals surface area (Å²) in [6.07, 6.45) is -0.430. The lowest BCUT2D eigenvalue weighted by molar-refractivity contribution is 0.101. The number of carbonyl (C=O) groups excluding carboxylic acids is 1. The van der Waals surface area contributed by atoms with E-state index in [-0.39, 0.29) is 16.7 Å². The predicted molar refractivity (Wildman–Crippen MR) is 126 cm³/mol. The Kier molecular flexibility index (Phi) is 5.79. The Bertz CT molecular complexity index is 1280. The van der Waals surface area contributed by atoms with Crippen LogP contribution in [-0.2, 0) is 10.0 Å². The Balaban J connectivity index is 1.57. The number of sulfonamides is 1. The van der Waals surface area contributed by atoms with Crippen molar-refractivity contribution in [2.75, 3.05) is 10.0 Å². The average molecular weight is 451 g/mol. The van der Waals surface area contributed by atoms with Crippen LogP contribution in [0.15, 0.2) is 65.6 Å². The maximum absolute atomic E-state index is 12.9. The van der Waals surface area contributed by atoms with Crippen LogP contribution in [0.3, 0.4) is 0 Å². The van der Waals surface area contributed by atoms with Crippen molar-refractivity contribution in [3.63, 3.8) is 0 Å². The summed E-state index contributed by atoms with van der Waals surface area (Å²) in [6.45, 7) is 5.42. The lowest BCUT2D eigenvalue weighted by Crippen LogP contribution is -2.22. The minimum Gasteiger partial charge on any atom is -0.388 e. The summed E-state index contributed by atoms with van der Waals surface area (Å²) in [6, 6.07) is 17.3. The van der Waals surface area contributed by atoms with E-state index in [1.807, 2.05) is 32.0 Å². The molecule has 1 aliphatic rings. The second kappa shape index (κ2) is 8.41. The zero-order valence-corrected chi connectivity index (χ0v) is 19.0. The summed E-state index contributed by atoms with van der Waals surface area (Å²) < 4.78 is 28.5. The molecular formula is C25H26N2O4S. The first kappa shape index (κ1) is 22.0. The van der Waals surface area contributed by atoms with Crippen LogP contribution >= 0.6 is 0 Å². The molecule has 1 heterocycles. The molecule has 0 fully saturated rings. The van der Waals surface area contributed by atoms with Gasteiger partial charge in [0.25, 0.3) is 10.0 Å². The largest absolute Gasteiger partial charge is 0.388 e. The maximum atomic E-state index is 12.9. The van der Waals surface area contributed by atoms with Gasteiger partial charge in [0.05, 0.1) is 17.0 Å². The number of aliphatic hydroxyl groups excluding tert-OH is 1. The zero-order chi connectivity index (χ0) is 23.0. The Hall–Kier alpha value is -3.16. The average Bonchev–Trinajstić information content (AvgIpc) is 2.76. The van der Waals surface area contributed by atoms with E-state index in [0.29, 0.717) is 28.9 Å². The highest BCUT2D eigenvalue weighted by Crippen LogP contribution is 2.40. The van der Waals surface area contributed by atoms with E-state index >= 15 is 0 Å². The molecule has 2 atom stereocenters. The molecule has 166 valence electrons. The first-order chi connectivity index (χ1) is 15.1. The molecule has 3 aromatic rings. The van der Waals surface area contributed by atoms with Gasteiger partial charge in [-0.2, -0.15) is 0 Å². The molecule has 0 saturated carbocycles. The van der Waals surface area contributed by atoms with E-state index in [9.17, 15) is 18.3 Å². The number of anilines is 2. The smallest absolute Gasteiger partial charge is 0.261 e. The van der Waals surface area contributed by atoms with Crippen LogP contribution in [0.25, 0.3) is 0 Å². The van der Waals surface area contributed by atoms with Gasteiger partial charge in [-0.25, -0.2) is 8.42 Å². The van der Waals surface area contributed by atoms with E-state index in [4.69, 9.17) is 0 Å². The summed E-state index contributed by atoms with van der Waals surface area (Å²) >= 11 is 0. The van der Waals surface area contributed by atoms with Crippen LogP contribution < -0.4 is 10.0 Å². The second-order valence-electron chi connectivity index (χ2n) is 8.28. The summed E-state index contributed by atoms with van der Waals surface area (Å²) in [5, 5.41) is 14.1. The number of hydrogen-bond acceptors (Lipinski definition) is 5. The van der Waals surface area contributed by atoms with Crippen molar-refractivity contribution in [3.8, 4) is 0 Å². The van der Waals surface area contributed by atoms with E-state index in [1.165, 1.54) is 19.1 Å². The Morgan fingerprint density at radius 2 is 1.72 bits per heavy atom. The number of carbonyl (C=O) groups is 1. The molecule has 6 nitrogen and oxygen atoms in total. The number of hydrogen-bond donors (Lipinski definition) is 3. The Labute approximate surface area is 188 Å². The fraction of sp³-hybridized carbons (Fsp3) is 0.240. The molecule has 3 aromatic carbocycles. The van der Waals surface area contributed by atoms with Crippen molar-refractivity contribution in [3.05, 3.63) is 88.5 Å². The molecule has 0 aromatic heterocycles. The fourth-order valence-corrected chi connectivity index (χ4v) is 4.98. The van der Waals surface area contributed by atoms with E-state index < -0.39 is 16.1 Å². The molecule has 32 heavy (non-hydrogen) atoms. The minimum atomic E-state index is -3.80. The number of aryl methyl sites for hydroxylation is 2. The molecule has 1 aliphatic heterocycles. The third kappa shape index (κ3) is 4.40. The molecule has 0 radical (unpaired) electrons. The summed E-state index contributed by atoms with van der Waals surface area (Å²) in [7, 11) is -3.80. The van der Waals surface area contributed by atoms with Crippen LogP contribution in [0.1, 0.15) is 58.1 Å². The van der Waals surface area contributed by atoms with Crippen molar-refractivity contribution in [1.29, 1.82) is 0 Å². The molecule has 0 bridgehead atoms. The van der Waals surface area contributed by atoms with Gasteiger partial charge in [-0.05, 0) is 67.8 Å². The standard InChI is InChI=1S/C25H26N2O4S/c1-15-4-9-20(12-16(15)2)27-32(30,31)21-10-11-23-22(13-21)25(29)14-24(26-23)19-7-5-18(6-8-19)17(3)28/h4-13,24-27,29H,14H2,1-3H3. The van der Waals surface area contributed by atoms with Crippen LogP contribution in [0, 0.1) is 13.8 Å². The minimum absolute atomic E-state index is 0.00156. The van der Waals surface area contributed by atoms with Gasteiger partial charge < -0.3 is 10.4 Å². The van der Waals surface area contributed by atoms with E-state index in [2.05, 4.69) is 10.0 Å². The van der Waals surface area contributed by atoms with Crippen molar-refractivity contribution >= 4 is 27.2 Å².